The molecule has 0 unspecified atom stereocenters. The number of carbonyl (C=O) groups is 4. The number of fused-ring (bicyclic) bond motifs is 2. The molecule has 10 heteroatoms. The molecule has 2 heterocycles. The number of carbonyl (C=O) groups excluding carboxylic acids is 4. The van der Waals surface area contributed by atoms with Crippen LogP contribution in [0.2, 0.25) is 0 Å². The molecule has 9 nitrogen and oxygen atoms in total. The van der Waals surface area contributed by atoms with Gasteiger partial charge in [-0.25, -0.2) is 4.98 Å². The Balaban J connectivity index is 1.06. The van der Waals surface area contributed by atoms with Gasteiger partial charge in [-0.15, -0.1) is 0 Å². The van der Waals surface area contributed by atoms with Crippen molar-refractivity contribution in [2.45, 2.75) is 43.0 Å². The number of imide groups is 1. The number of benzene rings is 2. The van der Waals surface area contributed by atoms with Crippen LogP contribution in [-0.4, -0.2) is 45.0 Å². The van der Waals surface area contributed by atoms with Crippen molar-refractivity contribution in [3.8, 4) is 0 Å². The normalized spacial score (nSPS) is 19.4. The number of hydrazine groups is 1. The summed E-state index contributed by atoms with van der Waals surface area (Å²) in [6, 6.07) is 15.0. The molecule has 1 aromatic heterocycles. The van der Waals surface area contributed by atoms with E-state index in [1.807, 2.05) is 36.4 Å². The maximum Gasteiger partial charge on any atom is 0.269 e. The van der Waals surface area contributed by atoms with Crippen molar-refractivity contribution < 1.29 is 19.2 Å². The number of aromatic amines is 1. The van der Waals surface area contributed by atoms with Crippen LogP contribution in [0.4, 0.5) is 0 Å². The Labute approximate surface area is 212 Å². The first-order valence-electron chi connectivity index (χ1n) is 12.1. The monoisotopic (exact) mass is 505 g/mol. The van der Waals surface area contributed by atoms with Crippen molar-refractivity contribution in [1.29, 1.82) is 0 Å². The molecule has 0 spiro atoms. The van der Waals surface area contributed by atoms with E-state index < -0.39 is 11.8 Å². The van der Waals surface area contributed by atoms with Gasteiger partial charge in [0.2, 0.25) is 17.7 Å². The summed E-state index contributed by atoms with van der Waals surface area (Å²) in [5.41, 5.74) is 8.11. The van der Waals surface area contributed by atoms with Crippen LogP contribution in [0.5, 0.6) is 0 Å². The van der Waals surface area contributed by atoms with Crippen molar-refractivity contribution in [3.05, 3.63) is 59.7 Å². The van der Waals surface area contributed by atoms with Crippen molar-refractivity contribution in [3.63, 3.8) is 0 Å². The second-order valence-electron chi connectivity index (χ2n) is 9.12. The summed E-state index contributed by atoms with van der Waals surface area (Å²) in [6.45, 7) is 0.0317. The third-order valence-corrected chi connectivity index (χ3v) is 7.71. The molecule has 4 amide bonds. The van der Waals surface area contributed by atoms with Crippen LogP contribution >= 0.6 is 11.8 Å². The molecule has 2 fully saturated rings. The molecule has 1 saturated carbocycles. The number of H-pyrrole nitrogens is 1. The van der Waals surface area contributed by atoms with E-state index in [1.165, 1.54) is 4.90 Å². The van der Waals surface area contributed by atoms with Gasteiger partial charge in [-0.1, -0.05) is 48.9 Å². The Morgan fingerprint density at radius 3 is 2.36 bits per heavy atom. The van der Waals surface area contributed by atoms with E-state index in [9.17, 15) is 19.2 Å². The number of likely N-dealkylation sites (tertiary alicyclic amines) is 1. The average molecular weight is 506 g/mol. The van der Waals surface area contributed by atoms with E-state index in [2.05, 4.69) is 20.8 Å². The molecule has 36 heavy (non-hydrogen) atoms. The number of nitrogens with one attached hydrogen (secondary N) is 3. The molecular weight excluding hydrogens is 478 g/mol. The molecule has 2 aromatic carbocycles. The molecule has 5 rings (SSSR count). The van der Waals surface area contributed by atoms with E-state index in [1.54, 1.807) is 23.9 Å². The highest BCUT2D eigenvalue weighted by Crippen LogP contribution is 2.37. The van der Waals surface area contributed by atoms with Crippen molar-refractivity contribution in [2.75, 3.05) is 6.54 Å². The summed E-state index contributed by atoms with van der Waals surface area (Å²) in [5, 5.41) is 0.830. The SMILES string of the molecule is O=C(CCN1C(=O)[C@H]2CCCC[C@@H]2C1=O)NNC(=O)c1ccc(CSc2nc3ccccc3[nH]2)cc1. The maximum atomic E-state index is 12.5. The zero-order valence-corrected chi connectivity index (χ0v) is 20.5. The van der Waals surface area contributed by atoms with Crippen LogP contribution in [-0.2, 0) is 20.1 Å². The maximum absolute atomic E-state index is 12.5. The lowest BCUT2D eigenvalue weighted by molar-refractivity contribution is -0.140. The molecule has 3 N–H and O–H groups in total. The number of aromatic nitrogens is 2. The van der Waals surface area contributed by atoms with Crippen LogP contribution in [0.25, 0.3) is 11.0 Å². The van der Waals surface area contributed by atoms with E-state index in [4.69, 9.17) is 0 Å². The molecule has 186 valence electrons. The average Bonchev–Trinajstić information content (AvgIpc) is 3.43. The van der Waals surface area contributed by atoms with Crippen molar-refractivity contribution >= 4 is 46.4 Å². The number of nitrogens with zero attached hydrogens (tertiary/aromatic N) is 2. The molecule has 0 radical (unpaired) electrons. The fourth-order valence-electron chi connectivity index (χ4n) is 4.83. The van der Waals surface area contributed by atoms with Crippen LogP contribution in [0.1, 0.15) is 48.0 Å². The fraction of sp³-hybridized carbons (Fsp3) is 0.346. The lowest BCUT2D eigenvalue weighted by Crippen LogP contribution is -2.43. The Bertz CT molecular complexity index is 1250. The molecule has 3 aromatic rings. The Kier molecular flexibility index (Phi) is 7.04. The highest BCUT2D eigenvalue weighted by molar-refractivity contribution is 7.98. The minimum atomic E-state index is -0.460. The van der Waals surface area contributed by atoms with Crippen molar-refractivity contribution in [1.82, 2.24) is 25.7 Å². The lowest BCUT2D eigenvalue weighted by atomic mass is 9.81. The molecule has 1 aliphatic heterocycles. The number of amides is 4. The molecule has 2 atom stereocenters. The van der Waals surface area contributed by atoms with Crippen LogP contribution in [0, 0.1) is 11.8 Å². The quantitative estimate of drug-likeness (QED) is 0.257. The third-order valence-electron chi connectivity index (χ3n) is 6.77. The highest BCUT2D eigenvalue weighted by atomic mass is 32.2. The molecule has 1 aliphatic carbocycles. The van der Waals surface area contributed by atoms with Crippen LogP contribution in [0.15, 0.2) is 53.7 Å². The molecule has 1 saturated heterocycles. The Morgan fingerprint density at radius 1 is 0.972 bits per heavy atom. The first-order valence-corrected chi connectivity index (χ1v) is 13.1. The second kappa shape index (κ2) is 10.5. The van der Waals surface area contributed by atoms with Gasteiger partial charge < -0.3 is 4.98 Å². The lowest BCUT2D eigenvalue weighted by Gasteiger charge is -2.19. The topological polar surface area (TPSA) is 124 Å². The Morgan fingerprint density at radius 2 is 1.67 bits per heavy atom. The summed E-state index contributed by atoms with van der Waals surface area (Å²) in [6.07, 6.45) is 3.34. The molecular formula is C26H27N5O4S. The van der Waals surface area contributed by atoms with Gasteiger partial charge in [-0.05, 0) is 42.7 Å². The van der Waals surface area contributed by atoms with E-state index >= 15 is 0 Å². The van der Waals surface area contributed by atoms with Gasteiger partial charge in [0.1, 0.15) is 0 Å². The second-order valence-corrected chi connectivity index (χ2v) is 10.1. The number of thioether (sulfide) groups is 1. The summed E-state index contributed by atoms with van der Waals surface area (Å²) in [7, 11) is 0. The van der Waals surface area contributed by atoms with Gasteiger partial charge in [-0.3, -0.25) is 34.9 Å². The smallest absolute Gasteiger partial charge is 0.269 e. The minimum absolute atomic E-state index is 0.0317. The zero-order chi connectivity index (χ0) is 25.1. The summed E-state index contributed by atoms with van der Waals surface area (Å²) in [4.78, 5) is 58.7. The van der Waals surface area contributed by atoms with E-state index in [-0.39, 0.29) is 36.6 Å². The van der Waals surface area contributed by atoms with Crippen LogP contribution in [0.3, 0.4) is 0 Å². The van der Waals surface area contributed by atoms with Gasteiger partial charge in [0.05, 0.1) is 22.9 Å². The standard InChI is InChI=1S/C26H27N5O4S/c32-22(13-14-31-24(34)18-5-1-2-6-19(18)25(31)35)29-30-23(33)17-11-9-16(10-12-17)15-36-26-27-20-7-3-4-8-21(20)28-26/h3-4,7-12,18-19H,1-2,5-6,13-15H2,(H,27,28)(H,29,32)(H,30,33)/t18-,19-/m0/s1. The Hall–Kier alpha value is -3.66. The fourth-order valence-corrected chi connectivity index (χ4v) is 5.67. The van der Waals surface area contributed by atoms with Gasteiger partial charge in [0.15, 0.2) is 5.16 Å². The van der Waals surface area contributed by atoms with E-state index in [0.29, 0.717) is 11.3 Å². The summed E-state index contributed by atoms with van der Waals surface area (Å²) < 4.78 is 0. The molecule has 0 bridgehead atoms. The van der Waals surface area contributed by atoms with Gasteiger partial charge in [0.25, 0.3) is 5.91 Å². The van der Waals surface area contributed by atoms with Crippen molar-refractivity contribution in [2.24, 2.45) is 11.8 Å². The predicted octanol–water partition coefficient (Wildman–Crippen LogP) is 3.18. The first-order chi connectivity index (χ1) is 17.5. The predicted molar refractivity (Wildman–Crippen MR) is 134 cm³/mol. The minimum Gasteiger partial charge on any atom is -0.333 e. The van der Waals surface area contributed by atoms with Gasteiger partial charge >= 0.3 is 0 Å². The largest absolute Gasteiger partial charge is 0.333 e. The van der Waals surface area contributed by atoms with E-state index in [0.717, 1.165) is 47.4 Å². The number of rotatable bonds is 7. The highest BCUT2D eigenvalue weighted by Gasteiger charge is 2.47. The zero-order valence-electron chi connectivity index (χ0n) is 19.7. The number of hydrogen-bond acceptors (Lipinski definition) is 6. The number of para-hydroxylation sites is 2. The summed E-state index contributed by atoms with van der Waals surface area (Å²) >= 11 is 1.57. The van der Waals surface area contributed by atoms with Gasteiger partial charge in [0, 0.05) is 24.3 Å². The summed E-state index contributed by atoms with van der Waals surface area (Å²) in [5.74, 6) is -1.01. The first kappa shape index (κ1) is 24.1. The number of imidazole rings is 1. The molecule has 2 aliphatic rings. The van der Waals surface area contributed by atoms with Crippen LogP contribution < -0.4 is 10.9 Å². The number of hydrogen-bond donors (Lipinski definition) is 3. The third kappa shape index (κ3) is 5.13. The van der Waals surface area contributed by atoms with Gasteiger partial charge in [-0.2, -0.15) is 0 Å².